The van der Waals surface area contributed by atoms with Crippen LogP contribution in [0.25, 0.3) is 0 Å². The van der Waals surface area contributed by atoms with Crippen LogP contribution in [0.3, 0.4) is 0 Å². The van der Waals surface area contributed by atoms with Crippen molar-refractivity contribution in [3.63, 3.8) is 0 Å². The summed E-state index contributed by atoms with van der Waals surface area (Å²) in [6.07, 6.45) is 0.340. The van der Waals surface area contributed by atoms with Gasteiger partial charge in [0, 0.05) is 31.0 Å². The number of hydrogen-bond donors (Lipinski definition) is 2. The number of phenolic OH excluding ortho intramolecular Hbond substituents is 1. The Bertz CT molecular complexity index is 572. The van der Waals surface area contributed by atoms with Gasteiger partial charge >= 0.3 is 0 Å². The summed E-state index contributed by atoms with van der Waals surface area (Å²) in [5.74, 6) is 0.587. The molecule has 0 aliphatic rings. The van der Waals surface area contributed by atoms with Crippen LogP contribution in [-0.2, 0) is 11.8 Å². The summed E-state index contributed by atoms with van der Waals surface area (Å²) in [5.41, 5.74) is 0.579. The monoisotopic (exact) mass is 279 g/mol. The van der Waals surface area contributed by atoms with E-state index in [9.17, 15) is 9.90 Å². The van der Waals surface area contributed by atoms with E-state index < -0.39 is 0 Å². The van der Waals surface area contributed by atoms with Crippen molar-refractivity contribution in [2.75, 3.05) is 11.1 Å². The first kappa shape index (κ1) is 13.3. The molecule has 100 valence electrons. The van der Waals surface area contributed by atoms with E-state index in [-0.39, 0.29) is 11.7 Å². The first-order valence-corrected chi connectivity index (χ1v) is 6.58. The van der Waals surface area contributed by atoms with Gasteiger partial charge in [-0.2, -0.15) is 0 Å². The maximum Gasteiger partial charge on any atom is 0.225 e. The number of phenols is 1. The number of tetrazole rings is 1. The predicted molar refractivity (Wildman–Crippen MR) is 70.9 cm³/mol. The molecule has 2 N–H and O–H groups in total. The summed E-state index contributed by atoms with van der Waals surface area (Å²) >= 11 is 1.41. The van der Waals surface area contributed by atoms with Gasteiger partial charge in [0.05, 0.1) is 0 Å². The van der Waals surface area contributed by atoms with E-state index in [1.54, 1.807) is 29.9 Å². The molecule has 2 aromatic rings. The second kappa shape index (κ2) is 6.19. The molecular weight excluding hydrogens is 266 g/mol. The van der Waals surface area contributed by atoms with E-state index in [0.29, 0.717) is 23.0 Å². The highest BCUT2D eigenvalue weighted by Gasteiger charge is 2.06. The van der Waals surface area contributed by atoms with Crippen molar-refractivity contribution >= 4 is 23.4 Å². The van der Waals surface area contributed by atoms with Crippen LogP contribution in [-0.4, -0.2) is 37.0 Å². The first-order valence-electron chi connectivity index (χ1n) is 5.59. The molecule has 0 saturated carbocycles. The highest BCUT2D eigenvalue weighted by Crippen LogP contribution is 2.17. The minimum Gasteiger partial charge on any atom is -0.508 e. The second-order valence-electron chi connectivity index (χ2n) is 3.78. The van der Waals surface area contributed by atoms with Crippen molar-refractivity contribution in [1.29, 1.82) is 0 Å². The van der Waals surface area contributed by atoms with Crippen molar-refractivity contribution in [2.45, 2.75) is 11.6 Å². The van der Waals surface area contributed by atoms with Crippen molar-refractivity contribution in [3.05, 3.63) is 24.3 Å². The highest BCUT2D eigenvalue weighted by molar-refractivity contribution is 7.99. The number of anilines is 1. The Morgan fingerprint density at radius 2 is 2.37 bits per heavy atom. The fourth-order valence-electron chi connectivity index (χ4n) is 1.39. The average molecular weight is 279 g/mol. The molecule has 0 unspecified atom stereocenters. The molecule has 1 amide bonds. The van der Waals surface area contributed by atoms with Gasteiger partial charge in [-0.3, -0.25) is 4.79 Å². The van der Waals surface area contributed by atoms with E-state index in [1.165, 1.54) is 17.8 Å². The van der Waals surface area contributed by atoms with Crippen LogP contribution >= 0.6 is 11.8 Å². The SMILES string of the molecule is Cn1nnnc1SCCC(=O)Nc1cccc(O)c1. The van der Waals surface area contributed by atoms with Gasteiger partial charge in [-0.05, 0) is 22.6 Å². The van der Waals surface area contributed by atoms with Crippen molar-refractivity contribution in [1.82, 2.24) is 20.2 Å². The van der Waals surface area contributed by atoms with Crippen LogP contribution in [0, 0.1) is 0 Å². The molecule has 8 heteroatoms. The number of thioether (sulfide) groups is 1. The minimum absolute atomic E-state index is 0.117. The summed E-state index contributed by atoms with van der Waals surface area (Å²) in [6.45, 7) is 0. The molecule has 0 saturated heterocycles. The molecule has 0 atom stereocenters. The second-order valence-corrected chi connectivity index (χ2v) is 4.84. The summed E-state index contributed by atoms with van der Waals surface area (Å²) in [6, 6.07) is 6.44. The number of nitrogens with one attached hydrogen (secondary N) is 1. The van der Waals surface area contributed by atoms with Crippen LogP contribution in [0.4, 0.5) is 5.69 Å². The van der Waals surface area contributed by atoms with Crippen molar-refractivity contribution < 1.29 is 9.90 Å². The Morgan fingerprint density at radius 3 is 3.05 bits per heavy atom. The number of rotatable bonds is 5. The van der Waals surface area contributed by atoms with E-state index in [1.807, 2.05) is 0 Å². The molecule has 0 fully saturated rings. The third kappa shape index (κ3) is 3.95. The Hall–Kier alpha value is -2.09. The summed E-state index contributed by atoms with van der Waals surface area (Å²) in [5, 5.41) is 23.7. The number of hydrogen-bond acceptors (Lipinski definition) is 6. The Labute approximate surface area is 114 Å². The number of carbonyl (C=O) groups is 1. The van der Waals surface area contributed by atoms with Gasteiger partial charge in [-0.25, -0.2) is 4.68 Å². The molecule has 2 rings (SSSR count). The third-order valence-corrected chi connectivity index (χ3v) is 3.28. The third-order valence-electron chi connectivity index (χ3n) is 2.27. The zero-order chi connectivity index (χ0) is 13.7. The number of aromatic nitrogens is 4. The zero-order valence-corrected chi connectivity index (χ0v) is 11.1. The van der Waals surface area contributed by atoms with Gasteiger partial charge in [0.2, 0.25) is 11.1 Å². The lowest BCUT2D eigenvalue weighted by Crippen LogP contribution is -2.12. The molecule has 0 bridgehead atoms. The molecule has 1 aromatic heterocycles. The van der Waals surface area contributed by atoms with Gasteiger partial charge in [0.25, 0.3) is 0 Å². The number of aryl methyl sites for hydroxylation is 1. The lowest BCUT2D eigenvalue weighted by Gasteiger charge is -2.05. The van der Waals surface area contributed by atoms with E-state index in [2.05, 4.69) is 20.8 Å². The molecule has 0 radical (unpaired) electrons. The van der Waals surface area contributed by atoms with Gasteiger partial charge in [0.15, 0.2) is 0 Å². The Kier molecular flexibility index (Phi) is 4.35. The summed E-state index contributed by atoms with van der Waals surface area (Å²) in [4.78, 5) is 11.7. The molecule has 7 nitrogen and oxygen atoms in total. The minimum atomic E-state index is -0.117. The van der Waals surface area contributed by atoms with Crippen molar-refractivity contribution in [3.8, 4) is 5.75 Å². The summed E-state index contributed by atoms with van der Waals surface area (Å²) in [7, 11) is 1.75. The first-order chi connectivity index (χ1) is 9.15. The lowest BCUT2D eigenvalue weighted by molar-refractivity contribution is -0.115. The lowest BCUT2D eigenvalue weighted by atomic mass is 10.3. The van der Waals surface area contributed by atoms with Gasteiger partial charge in [0.1, 0.15) is 5.75 Å². The number of amides is 1. The van der Waals surface area contributed by atoms with Crippen molar-refractivity contribution in [2.24, 2.45) is 7.05 Å². The normalized spacial score (nSPS) is 10.4. The highest BCUT2D eigenvalue weighted by atomic mass is 32.2. The molecule has 19 heavy (non-hydrogen) atoms. The smallest absolute Gasteiger partial charge is 0.225 e. The largest absolute Gasteiger partial charge is 0.508 e. The molecule has 0 spiro atoms. The number of aromatic hydroxyl groups is 1. The van der Waals surface area contributed by atoms with Crippen LogP contribution in [0.5, 0.6) is 5.75 Å². The maximum absolute atomic E-state index is 11.7. The molecular formula is C11H13N5O2S. The number of nitrogens with zero attached hydrogens (tertiary/aromatic N) is 4. The molecule has 1 aromatic carbocycles. The fraction of sp³-hybridized carbons (Fsp3) is 0.273. The molecule has 0 aliphatic carbocycles. The van der Waals surface area contributed by atoms with Crippen LogP contribution in [0.15, 0.2) is 29.4 Å². The standard InChI is InChI=1S/C11H13N5O2S/c1-16-11(13-14-15-16)19-6-5-10(18)12-8-3-2-4-9(17)7-8/h2-4,7,17H,5-6H2,1H3,(H,12,18). The summed E-state index contributed by atoms with van der Waals surface area (Å²) < 4.78 is 1.55. The Morgan fingerprint density at radius 1 is 1.53 bits per heavy atom. The van der Waals surface area contributed by atoms with Crippen LogP contribution in [0.2, 0.25) is 0 Å². The fourth-order valence-corrected chi connectivity index (χ4v) is 2.17. The number of carbonyl (C=O) groups excluding carboxylic acids is 1. The molecule has 0 aliphatic heterocycles. The average Bonchev–Trinajstić information content (AvgIpc) is 2.75. The topological polar surface area (TPSA) is 92.9 Å². The number of benzene rings is 1. The van der Waals surface area contributed by atoms with E-state index >= 15 is 0 Å². The van der Waals surface area contributed by atoms with Gasteiger partial charge in [-0.15, -0.1) is 5.10 Å². The zero-order valence-electron chi connectivity index (χ0n) is 10.3. The van der Waals surface area contributed by atoms with E-state index in [0.717, 1.165) is 0 Å². The van der Waals surface area contributed by atoms with E-state index in [4.69, 9.17) is 0 Å². The van der Waals surface area contributed by atoms with Crippen LogP contribution < -0.4 is 5.32 Å². The Balaban J connectivity index is 1.77. The molecule has 1 heterocycles. The maximum atomic E-state index is 11.7. The quantitative estimate of drug-likeness (QED) is 0.794. The van der Waals surface area contributed by atoms with Crippen LogP contribution in [0.1, 0.15) is 6.42 Å². The van der Waals surface area contributed by atoms with Gasteiger partial charge < -0.3 is 10.4 Å². The van der Waals surface area contributed by atoms with Gasteiger partial charge in [-0.1, -0.05) is 17.8 Å². The predicted octanol–water partition coefficient (Wildman–Crippen LogP) is 1.04.